The minimum atomic E-state index is -3.38. The number of hydrogen-bond donors (Lipinski definition) is 0. The van der Waals surface area contributed by atoms with Gasteiger partial charge in [-0.05, 0) is 76.9 Å². The van der Waals surface area contributed by atoms with Crippen LogP contribution in [-0.4, -0.2) is 32.0 Å². The van der Waals surface area contributed by atoms with Crippen molar-refractivity contribution in [2.45, 2.75) is 67.2 Å². The summed E-state index contributed by atoms with van der Waals surface area (Å²) in [7, 11) is -3.38. The molecule has 3 aliphatic rings. The summed E-state index contributed by atoms with van der Waals surface area (Å²) in [4.78, 5) is 13.4. The first-order valence-electron chi connectivity index (χ1n) is 14.2. The van der Waals surface area contributed by atoms with Crippen molar-refractivity contribution in [3.63, 3.8) is 0 Å². The summed E-state index contributed by atoms with van der Waals surface area (Å²) in [6, 6.07) is 25.3. The van der Waals surface area contributed by atoms with Crippen molar-refractivity contribution >= 4 is 37.3 Å². The van der Waals surface area contributed by atoms with Crippen molar-refractivity contribution in [3.05, 3.63) is 106 Å². The highest BCUT2D eigenvalue weighted by Gasteiger charge is 2.52. The molecule has 6 rings (SSSR count). The van der Waals surface area contributed by atoms with Crippen LogP contribution in [0, 0.1) is 5.92 Å². The first-order valence-corrected chi connectivity index (χ1v) is 16.5. The van der Waals surface area contributed by atoms with Crippen LogP contribution in [0.3, 0.4) is 0 Å². The highest BCUT2D eigenvalue weighted by molar-refractivity contribution is 9.10. The Balaban J connectivity index is 1.29. The van der Waals surface area contributed by atoms with Crippen molar-refractivity contribution in [2.75, 3.05) is 6.61 Å². The van der Waals surface area contributed by atoms with Gasteiger partial charge in [0.25, 0.3) is 0 Å². The fraction of sp³-hybridized carbons (Fsp3) is 0.364. The van der Waals surface area contributed by atoms with Gasteiger partial charge in [0.05, 0.1) is 22.3 Å². The van der Waals surface area contributed by atoms with Gasteiger partial charge in [0, 0.05) is 17.3 Å². The summed E-state index contributed by atoms with van der Waals surface area (Å²) >= 11 is 3.46. The normalized spacial score (nSPS) is 26.4. The third-order valence-corrected chi connectivity index (χ3v) is 11.3. The number of halogens is 1. The molecule has 3 aromatic rings. The molecule has 3 unspecified atom stereocenters. The highest BCUT2D eigenvalue weighted by Crippen LogP contribution is 2.54. The second-order valence-electron chi connectivity index (χ2n) is 11.0. The van der Waals surface area contributed by atoms with Crippen LogP contribution in [0.5, 0.6) is 0 Å². The van der Waals surface area contributed by atoms with Crippen LogP contribution in [0.25, 0.3) is 5.57 Å². The number of allylic oxidation sites excluding steroid dienone is 1. The molecule has 1 spiro atoms. The van der Waals surface area contributed by atoms with Gasteiger partial charge in [-0.2, -0.15) is 0 Å². The van der Waals surface area contributed by atoms with Gasteiger partial charge in [0.2, 0.25) is 0 Å². The quantitative estimate of drug-likeness (QED) is 0.190. The number of ether oxygens (including phenoxy) is 3. The fourth-order valence-electron chi connectivity index (χ4n) is 5.93. The van der Waals surface area contributed by atoms with Gasteiger partial charge < -0.3 is 14.2 Å². The number of benzene rings is 3. The first-order chi connectivity index (χ1) is 19.8. The molecular formula is C33H33BrO6S. The second kappa shape index (κ2) is 11.5. The lowest BCUT2D eigenvalue weighted by Gasteiger charge is -2.23. The lowest BCUT2D eigenvalue weighted by Crippen LogP contribution is -2.26. The smallest absolute Gasteiger partial charge is 0.338 e. The zero-order chi connectivity index (χ0) is 28.6. The van der Waals surface area contributed by atoms with Crippen molar-refractivity contribution in [3.8, 4) is 0 Å². The molecule has 214 valence electrons. The number of carbonyl (C=O) groups excluding carboxylic acids is 1. The maximum absolute atomic E-state index is 13.1. The fourth-order valence-corrected chi connectivity index (χ4v) is 8.69. The topological polar surface area (TPSA) is 78.9 Å². The number of carbonyl (C=O) groups is 1. The van der Waals surface area contributed by atoms with Crippen LogP contribution in [0.2, 0.25) is 0 Å². The van der Waals surface area contributed by atoms with E-state index < -0.39 is 21.6 Å². The molecule has 41 heavy (non-hydrogen) atoms. The van der Waals surface area contributed by atoms with Gasteiger partial charge >= 0.3 is 5.97 Å². The van der Waals surface area contributed by atoms with Gasteiger partial charge in [-0.1, -0.05) is 72.8 Å². The molecule has 2 aliphatic carbocycles. The largest absolute Gasteiger partial charge is 0.462 e. The standard InChI is InChI=1S/C33H33BrO6S/c1-2-38-32(35)27(25-13-16-29(28(34)20-25)41(36,37)26-14-15-26)19-22-17-18-33(21-22)39-30(23-9-5-3-6-10-23)31(40-33)24-11-7-4-8-12-24/h3-13,16,19-20,22,26,30-31H,2,14-15,17-18,21H2,1H3. The molecule has 0 aromatic heterocycles. The summed E-state index contributed by atoms with van der Waals surface area (Å²) < 4.78 is 45.1. The maximum atomic E-state index is 13.1. The molecule has 6 nitrogen and oxygen atoms in total. The number of hydrogen-bond acceptors (Lipinski definition) is 6. The summed E-state index contributed by atoms with van der Waals surface area (Å²) in [6.45, 7) is 2.01. The molecule has 0 radical (unpaired) electrons. The van der Waals surface area contributed by atoms with E-state index in [1.165, 1.54) is 0 Å². The van der Waals surface area contributed by atoms with E-state index in [4.69, 9.17) is 14.2 Å². The zero-order valence-electron chi connectivity index (χ0n) is 22.9. The molecule has 8 heteroatoms. The van der Waals surface area contributed by atoms with Crippen LogP contribution in [0.1, 0.15) is 67.9 Å². The molecule has 3 atom stereocenters. The lowest BCUT2D eigenvalue weighted by molar-refractivity contribution is -0.172. The van der Waals surface area contributed by atoms with Crippen molar-refractivity contribution < 1.29 is 27.4 Å². The van der Waals surface area contributed by atoms with E-state index in [1.807, 2.05) is 42.5 Å². The summed E-state index contributed by atoms with van der Waals surface area (Å²) in [6.07, 6.45) is 4.90. The van der Waals surface area contributed by atoms with E-state index in [9.17, 15) is 13.2 Å². The predicted molar refractivity (Wildman–Crippen MR) is 160 cm³/mol. The Morgan fingerprint density at radius 3 is 2.10 bits per heavy atom. The van der Waals surface area contributed by atoms with E-state index in [-0.39, 0.29) is 34.9 Å². The predicted octanol–water partition coefficient (Wildman–Crippen LogP) is 7.36. The van der Waals surface area contributed by atoms with Gasteiger partial charge in [0.15, 0.2) is 15.6 Å². The molecule has 1 saturated heterocycles. The molecule has 3 aromatic carbocycles. The molecule has 2 saturated carbocycles. The Kier molecular flexibility index (Phi) is 7.94. The van der Waals surface area contributed by atoms with Crippen LogP contribution in [0.15, 0.2) is 94.3 Å². The Hall–Kier alpha value is -2.78. The van der Waals surface area contributed by atoms with Crippen LogP contribution in [0.4, 0.5) is 0 Å². The van der Waals surface area contributed by atoms with Crippen LogP contribution >= 0.6 is 15.9 Å². The Morgan fingerprint density at radius 1 is 0.951 bits per heavy atom. The van der Waals surface area contributed by atoms with Crippen molar-refractivity contribution in [1.29, 1.82) is 0 Å². The van der Waals surface area contributed by atoms with Crippen molar-refractivity contribution in [1.82, 2.24) is 0 Å². The van der Waals surface area contributed by atoms with Crippen molar-refractivity contribution in [2.24, 2.45) is 5.92 Å². The van der Waals surface area contributed by atoms with Crippen LogP contribution in [-0.2, 0) is 28.8 Å². The molecular weight excluding hydrogens is 604 g/mol. The minimum Gasteiger partial charge on any atom is -0.462 e. The highest BCUT2D eigenvalue weighted by atomic mass is 79.9. The third kappa shape index (κ3) is 5.80. The van der Waals surface area contributed by atoms with Gasteiger partial charge in [0.1, 0.15) is 12.2 Å². The molecule has 3 fully saturated rings. The SMILES string of the molecule is CCOC(=O)C(=CC1CCC2(C1)OC(c1ccccc1)C(c1ccccc1)O2)c1ccc(S(=O)(=O)C2CC2)c(Br)c1. The Morgan fingerprint density at radius 2 is 1.56 bits per heavy atom. The number of sulfone groups is 1. The molecule has 1 aliphatic heterocycles. The van der Waals surface area contributed by atoms with Gasteiger partial charge in [-0.3, -0.25) is 0 Å². The summed E-state index contributed by atoms with van der Waals surface area (Å²) in [5.41, 5.74) is 3.16. The second-order valence-corrected chi connectivity index (χ2v) is 14.1. The van der Waals surface area contributed by atoms with E-state index in [1.54, 1.807) is 25.1 Å². The zero-order valence-corrected chi connectivity index (χ0v) is 25.3. The molecule has 1 heterocycles. The average Bonchev–Trinajstić information content (AvgIpc) is 3.69. The molecule has 0 amide bonds. The van der Waals surface area contributed by atoms with E-state index in [0.717, 1.165) is 17.5 Å². The number of rotatable bonds is 8. The Bertz CT molecular complexity index is 1500. The average molecular weight is 638 g/mol. The Labute approximate surface area is 249 Å². The monoisotopic (exact) mass is 636 g/mol. The van der Waals surface area contributed by atoms with Crippen LogP contribution < -0.4 is 0 Å². The van der Waals surface area contributed by atoms with E-state index in [2.05, 4.69) is 40.2 Å². The summed E-state index contributed by atoms with van der Waals surface area (Å²) in [5.74, 6) is -1.20. The number of esters is 1. The van der Waals surface area contributed by atoms with E-state index in [0.29, 0.717) is 41.3 Å². The van der Waals surface area contributed by atoms with E-state index >= 15 is 0 Å². The maximum Gasteiger partial charge on any atom is 0.338 e. The third-order valence-electron chi connectivity index (χ3n) is 8.09. The van der Waals surface area contributed by atoms with Gasteiger partial charge in [-0.15, -0.1) is 0 Å². The molecule has 0 bridgehead atoms. The summed E-state index contributed by atoms with van der Waals surface area (Å²) in [5, 5.41) is -0.315. The molecule has 0 N–H and O–H groups in total. The lowest BCUT2D eigenvalue weighted by atomic mass is 9.98. The minimum absolute atomic E-state index is 0.00833. The van der Waals surface area contributed by atoms with Gasteiger partial charge in [-0.25, -0.2) is 13.2 Å². The first kappa shape index (κ1) is 28.3.